The van der Waals surface area contributed by atoms with Crippen LogP contribution in [-0.4, -0.2) is 61.3 Å². The highest BCUT2D eigenvalue weighted by molar-refractivity contribution is 5.98. The summed E-state index contributed by atoms with van der Waals surface area (Å²) in [4.78, 5) is 39.8. The van der Waals surface area contributed by atoms with Crippen molar-refractivity contribution in [3.05, 3.63) is 59.7 Å². The van der Waals surface area contributed by atoms with Crippen molar-refractivity contribution in [2.24, 2.45) is 0 Å². The average molecular weight is 425 g/mol. The Morgan fingerprint density at radius 3 is 2.19 bits per heavy atom. The lowest BCUT2D eigenvalue weighted by molar-refractivity contribution is -0.128. The van der Waals surface area contributed by atoms with Crippen LogP contribution in [0, 0.1) is 0 Å². The van der Waals surface area contributed by atoms with Crippen molar-refractivity contribution in [1.82, 2.24) is 9.80 Å². The minimum absolute atomic E-state index is 0.0494. The number of rotatable bonds is 10. The minimum atomic E-state index is -0.201. The third kappa shape index (κ3) is 7.44. The molecule has 0 atom stereocenters. The molecule has 2 aromatic rings. The Hall–Kier alpha value is -3.35. The zero-order chi connectivity index (χ0) is 22.8. The van der Waals surface area contributed by atoms with Crippen LogP contribution in [0.4, 0.5) is 11.4 Å². The number of hydrogen-bond donors (Lipinski definition) is 2. The second-order valence-corrected chi connectivity index (χ2v) is 7.45. The first-order valence-electron chi connectivity index (χ1n) is 10.6. The van der Waals surface area contributed by atoms with E-state index in [1.54, 1.807) is 48.2 Å². The topological polar surface area (TPSA) is 81.8 Å². The highest BCUT2D eigenvalue weighted by atomic mass is 16.2. The molecule has 0 unspecified atom stereocenters. The largest absolute Gasteiger partial charge is 0.376 e. The van der Waals surface area contributed by atoms with Gasteiger partial charge in [-0.15, -0.1) is 0 Å². The van der Waals surface area contributed by atoms with Crippen molar-refractivity contribution in [2.45, 2.75) is 26.7 Å². The molecule has 2 aromatic carbocycles. The van der Waals surface area contributed by atoms with Gasteiger partial charge < -0.3 is 20.4 Å². The summed E-state index contributed by atoms with van der Waals surface area (Å²) in [6, 6.07) is 14.7. The molecular weight excluding hydrogens is 392 g/mol. The molecule has 0 saturated carbocycles. The Kier molecular flexibility index (Phi) is 9.06. The summed E-state index contributed by atoms with van der Waals surface area (Å²) in [6.07, 6.45) is 1.15. The van der Waals surface area contributed by atoms with E-state index in [2.05, 4.69) is 10.6 Å². The summed E-state index contributed by atoms with van der Waals surface area (Å²) >= 11 is 0. The molecule has 0 aliphatic carbocycles. The van der Waals surface area contributed by atoms with Gasteiger partial charge in [0, 0.05) is 50.5 Å². The highest BCUT2D eigenvalue weighted by Crippen LogP contribution is 2.14. The number of benzene rings is 2. The van der Waals surface area contributed by atoms with Gasteiger partial charge in [0.25, 0.3) is 5.91 Å². The molecule has 166 valence electrons. The van der Waals surface area contributed by atoms with Crippen LogP contribution in [0.3, 0.4) is 0 Å². The fraction of sp³-hybridized carbons (Fsp3) is 0.375. The monoisotopic (exact) mass is 424 g/mol. The number of nitrogens with one attached hydrogen (secondary N) is 2. The van der Waals surface area contributed by atoms with E-state index in [1.807, 2.05) is 38.1 Å². The van der Waals surface area contributed by atoms with Gasteiger partial charge in [-0.1, -0.05) is 18.2 Å². The van der Waals surface area contributed by atoms with Gasteiger partial charge in [0.1, 0.15) is 0 Å². The van der Waals surface area contributed by atoms with Gasteiger partial charge in [0.2, 0.25) is 11.8 Å². The Labute approximate surface area is 184 Å². The predicted molar refractivity (Wildman–Crippen MR) is 124 cm³/mol. The quantitative estimate of drug-likeness (QED) is 0.614. The van der Waals surface area contributed by atoms with Crippen LogP contribution in [0.1, 0.15) is 36.2 Å². The van der Waals surface area contributed by atoms with E-state index >= 15 is 0 Å². The number of hydrogen-bond acceptors (Lipinski definition) is 4. The van der Waals surface area contributed by atoms with E-state index < -0.39 is 0 Å². The zero-order valence-corrected chi connectivity index (χ0v) is 18.8. The van der Waals surface area contributed by atoms with Crippen LogP contribution in [0.5, 0.6) is 0 Å². The van der Waals surface area contributed by atoms with E-state index in [9.17, 15) is 14.4 Å². The number of carbonyl (C=O) groups excluding carboxylic acids is 3. The summed E-state index contributed by atoms with van der Waals surface area (Å²) in [6.45, 7) is 5.26. The van der Waals surface area contributed by atoms with Gasteiger partial charge in [-0.3, -0.25) is 14.4 Å². The molecule has 7 nitrogen and oxygen atoms in total. The van der Waals surface area contributed by atoms with Gasteiger partial charge in [-0.05, 0) is 56.2 Å². The molecule has 0 heterocycles. The second kappa shape index (κ2) is 11.7. The van der Waals surface area contributed by atoms with Crippen molar-refractivity contribution in [3.63, 3.8) is 0 Å². The SMILES string of the molecule is CCN(CC)C(=O)c1cccc(NC(=O)CNc2ccc(CCC(=O)N(C)C)cc2)c1. The molecule has 2 N–H and O–H groups in total. The van der Waals surface area contributed by atoms with E-state index in [1.165, 1.54) is 0 Å². The summed E-state index contributed by atoms with van der Waals surface area (Å²) in [5.41, 5.74) is 3.03. The maximum absolute atomic E-state index is 12.5. The fourth-order valence-electron chi connectivity index (χ4n) is 3.08. The number of anilines is 2. The van der Waals surface area contributed by atoms with Crippen LogP contribution >= 0.6 is 0 Å². The highest BCUT2D eigenvalue weighted by Gasteiger charge is 2.13. The van der Waals surface area contributed by atoms with E-state index in [0.717, 1.165) is 11.3 Å². The molecule has 31 heavy (non-hydrogen) atoms. The van der Waals surface area contributed by atoms with E-state index in [4.69, 9.17) is 0 Å². The van der Waals surface area contributed by atoms with Gasteiger partial charge in [-0.25, -0.2) is 0 Å². The van der Waals surface area contributed by atoms with Crippen LogP contribution < -0.4 is 10.6 Å². The van der Waals surface area contributed by atoms with Crippen LogP contribution in [0.2, 0.25) is 0 Å². The first kappa shape index (κ1) is 23.9. The summed E-state index contributed by atoms with van der Waals surface area (Å²) in [7, 11) is 3.50. The molecule has 0 saturated heterocycles. The molecule has 0 fully saturated rings. The third-order valence-electron chi connectivity index (χ3n) is 4.98. The molecule has 7 heteroatoms. The van der Waals surface area contributed by atoms with Crippen molar-refractivity contribution in [3.8, 4) is 0 Å². The molecule has 0 aliphatic heterocycles. The zero-order valence-electron chi connectivity index (χ0n) is 18.8. The smallest absolute Gasteiger partial charge is 0.253 e. The van der Waals surface area contributed by atoms with Crippen LogP contribution in [-0.2, 0) is 16.0 Å². The lowest BCUT2D eigenvalue weighted by atomic mass is 10.1. The normalized spacial score (nSPS) is 10.3. The van der Waals surface area contributed by atoms with Gasteiger partial charge in [-0.2, -0.15) is 0 Å². The van der Waals surface area contributed by atoms with Crippen molar-refractivity contribution >= 4 is 29.1 Å². The number of nitrogens with zero attached hydrogens (tertiary/aromatic N) is 2. The molecule has 0 radical (unpaired) electrons. The van der Waals surface area contributed by atoms with E-state index in [0.29, 0.717) is 37.2 Å². The number of amides is 3. The lowest BCUT2D eigenvalue weighted by Crippen LogP contribution is -2.30. The Balaban J connectivity index is 1.86. The second-order valence-electron chi connectivity index (χ2n) is 7.45. The first-order valence-corrected chi connectivity index (χ1v) is 10.6. The molecule has 0 spiro atoms. The maximum atomic E-state index is 12.5. The molecule has 0 bridgehead atoms. The minimum Gasteiger partial charge on any atom is -0.376 e. The van der Waals surface area contributed by atoms with E-state index in [-0.39, 0.29) is 24.3 Å². The molecule has 0 aromatic heterocycles. The third-order valence-corrected chi connectivity index (χ3v) is 4.98. The predicted octanol–water partition coefficient (Wildman–Crippen LogP) is 3.24. The summed E-state index contributed by atoms with van der Waals surface area (Å²) < 4.78 is 0. The standard InChI is InChI=1S/C24H32N4O3/c1-5-28(6-2)24(31)19-8-7-9-21(16-19)26-22(29)17-25-20-13-10-18(11-14-20)12-15-23(30)27(3)4/h7-11,13-14,16,25H,5-6,12,15,17H2,1-4H3,(H,26,29). The maximum Gasteiger partial charge on any atom is 0.253 e. The summed E-state index contributed by atoms with van der Waals surface area (Å²) in [5, 5.41) is 5.91. The van der Waals surface area contributed by atoms with Crippen LogP contribution in [0.25, 0.3) is 0 Å². The average Bonchev–Trinajstić information content (AvgIpc) is 2.77. The number of aryl methyl sites for hydroxylation is 1. The summed E-state index contributed by atoms with van der Waals surface area (Å²) in [5.74, 6) is -0.151. The van der Waals surface area contributed by atoms with Crippen molar-refractivity contribution in [2.75, 3.05) is 44.4 Å². The molecule has 2 rings (SSSR count). The van der Waals surface area contributed by atoms with Gasteiger partial charge in [0.05, 0.1) is 6.54 Å². The molecular formula is C24H32N4O3. The first-order chi connectivity index (χ1) is 14.8. The van der Waals surface area contributed by atoms with Crippen molar-refractivity contribution < 1.29 is 14.4 Å². The van der Waals surface area contributed by atoms with Gasteiger partial charge in [0.15, 0.2) is 0 Å². The fourth-order valence-corrected chi connectivity index (χ4v) is 3.08. The Bertz CT molecular complexity index is 890. The Morgan fingerprint density at radius 1 is 0.903 bits per heavy atom. The molecule has 0 aliphatic rings. The van der Waals surface area contributed by atoms with Crippen molar-refractivity contribution in [1.29, 1.82) is 0 Å². The molecule has 3 amide bonds. The lowest BCUT2D eigenvalue weighted by Gasteiger charge is -2.19. The van der Waals surface area contributed by atoms with Crippen LogP contribution in [0.15, 0.2) is 48.5 Å². The Morgan fingerprint density at radius 2 is 1.58 bits per heavy atom. The van der Waals surface area contributed by atoms with Gasteiger partial charge >= 0.3 is 0 Å². The number of carbonyl (C=O) groups is 3.